The minimum atomic E-state index is -0.475. The van der Waals surface area contributed by atoms with Crippen molar-refractivity contribution < 1.29 is 14.3 Å². The van der Waals surface area contributed by atoms with Crippen LogP contribution in [-0.2, 0) is 9.53 Å². The van der Waals surface area contributed by atoms with Gasteiger partial charge in [-0.25, -0.2) is 4.79 Å². The summed E-state index contributed by atoms with van der Waals surface area (Å²) in [6, 6.07) is 3.58. The second kappa shape index (κ2) is 6.56. The Morgan fingerprint density at radius 1 is 1.29 bits per heavy atom. The van der Waals surface area contributed by atoms with Gasteiger partial charge < -0.3 is 9.47 Å². The van der Waals surface area contributed by atoms with E-state index in [2.05, 4.69) is 54.4 Å². The fourth-order valence-corrected chi connectivity index (χ4v) is 2.27. The molecule has 17 heavy (non-hydrogen) atoms. The summed E-state index contributed by atoms with van der Waals surface area (Å²) in [6.45, 7) is 4.89. The highest BCUT2D eigenvalue weighted by Crippen LogP contribution is 2.37. The number of carbonyl (C=O) groups excluding carboxylic acids is 1. The van der Waals surface area contributed by atoms with Gasteiger partial charge in [-0.15, -0.1) is 0 Å². The molecule has 0 amide bonds. The van der Waals surface area contributed by atoms with Gasteiger partial charge in [0.05, 0.1) is 4.47 Å². The first-order chi connectivity index (χ1) is 7.93. The lowest BCUT2D eigenvalue weighted by Gasteiger charge is -2.10. The van der Waals surface area contributed by atoms with Gasteiger partial charge in [-0.2, -0.15) is 0 Å². The zero-order valence-electron chi connectivity index (χ0n) is 8.93. The van der Waals surface area contributed by atoms with E-state index < -0.39 is 5.97 Å². The van der Waals surface area contributed by atoms with Gasteiger partial charge in [0.15, 0.2) is 0 Å². The predicted molar refractivity (Wildman–Crippen MR) is 75.9 cm³/mol. The van der Waals surface area contributed by atoms with Crippen molar-refractivity contribution in [2.75, 3.05) is 6.79 Å². The summed E-state index contributed by atoms with van der Waals surface area (Å²) in [5.74, 6) is 0.104. The Hall–Kier alpha value is -0.330. The van der Waals surface area contributed by atoms with Gasteiger partial charge in [0.1, 0.15) is 5.75 Å². The summed E-state index contributed by atoms with van der Waals surface area (Å²) >= 11 is 10.1. The molecule has 0 saturated carbocycles. The van der Waals surface area contributed by atoms with Crippen LogP contribution in [-0.4, -0.2) is 12.8 Å². The number of halogens is 3. The van der Waals surface area contributed by atoms with Crippen LogP contribution in [0.5, 0.6) is 5.75 Å². The molecular formula is C11H9Br3O3. The van der Waals surface area contributed by atoms with Crippen molar-refractivity contribution in [2.24, 2.45) is 0 Å². The molecule has 92 valence electrons. The van der Waals surface area contributed by atoms with Gasteiger partial charge in [0.25, 0.3) is 0 Å². The predicted octanol–water partition coefficient (Wildman–Crippen LogP) is 4.43. The van der Waals surface area contributed by atoms with E-state index in [1.165, 1.54) is 0 Å². The first-order valence-corrected chi connectivity index (χ1v) is 6.90. The molecule has 0 aliphatic carbocycles. The lowest BCUT2D eigenvalue weighted by Crippen LogP contribution is -2.10. The minimum Gasteiger partial charge on any atom is -0.456 e. The van der Waals surface area contributed by atoms with Crippen LogP contribution in [0.15, 0.2) is 37.7 Å². The number of carbonyl (C=O) groups is 1. The van der Waals surface area contributed by atoms with Crippen molar-refractivity contribution in [3.8, 4) is 5.75 Å². The molecule has 1 aromatic rings. The summed E-state index contributed by atoms with van der Waals surface area (Å²) in [7, 11) is 0. The first-order valence-electron chi connectivity index (χ1n) is 4.52. The minimum absolute atomic E-state index is 0.154. The van der Waals surface area contributed by atoms with Crippen molar-refractivity contribution in [1.29, 1.82) is 0 Å². The molecule has 0 radical (unpaired) electrons. The monoisotopic (exact) mass is 426 g/mol. The maximum absolute atomic E-state index is 11.1. The molecule has 0 spiro atoms. The van der Waals surface area contributed by atoms with Crippen molar-refractivity contribution in [1.82, 2.24) is 0 Å². The summed E-state index contributed by atoms with van der Waals surface area (Å²) in [5, 5.41) is 0. The number of benzene rings is 1. The van der Waals surface area contributed by atoms with E-state index in [0.717, 1.165) is 13.4 Å². The Morgan fingerprint density at radius 3 is 2.53 bits per heavy atom. The maximum atomic E-state index is 11.1. The van der Waals surface area contributed by atoms with Gasteiger partial charge in [-0.05, 0) is 66.8 Å². The third-order valence-electron chi connectivity index (χ3n) is 1.75. The number of esters is 1. The van der Waals surface area contributed by atoms with Crippen LogP contribution in [0.4, 0.5) is 0 Å². The Kier molecular flexibility index (Phi) is 5.69. The molecule has 3 nitrogen and oxygen atoms in total. The molecular weight excluding hydrogens is 420 g/mol. The third kappa shape index (κ3) is 4.12. The lowest BCUT2D eigenvalue weighted by molar-refractivity contribution is -0.145. The number of ether oxygens (including phenoxy) is 2. The van der Waals surface area contributed by atoms with Crippen molar-refractivity contribution >= 4 is 53.8 Å². The number of hydrogen-bond donors (Lipinski definition) is 0. The van der Waals surface area contributed by atoms with Crippen molar-refractivity contribution in [3.05, 3.63) is 37.7 Å². The molecule has 1 aromatic carbocycles. The second-order valence-electron chi connectivity index (χ2n) is 3.15. The summed E-state index contributed by atoms with van der Waals surface area (Å²) in [5.41, 5.74) is 0.338. The van der Waals surface area contributed by atoms with E-state index in [1.807, 2.05) is 6.07 Å². The first kappa shape index (κ1) is 14.7. The van der Waals surface area contributed by atoms with E-state index in [-0.39, 0.29) is 6.79 Å². The van der Waals surface area contributed by atoms with Crippen LogP contribution in [0.2, 0.25) is 0 Å². The zero-order chi connectivity index (χ0) is 13.0. The molecule has 0 N–H and O–H groups in total. The zero-order valence-corrected chi connectivity index (χ0v) is 13.7. The fraction of sp³-hybridized carbons (Fsp3) is 0.182. The molecule has 0 aliphatic heterocycles. The highest BCUT2D eigenvalue weighted by atomic mass is 79.9. The highest BCUT2D eigenvalue weighted by Gasteiger charge is 2.09. The Morgan fingerprint density at radius 2 is 1.94 bits per heavy atom. The van der Waals surface area contributed by atoms with Gasteiger partial charge in [-0.3, -0.25) is 0 Å². The van der Waals surface area contributed by atoms with Crippen LogP contribution in [0.1, 0.15) is 6.92 Å². The second-order valence-corrected chi connectivity index (χ2v) is 5.59. The van der Waals surface area contributed by atoms with E-state index in [1.54, 1.807) is 13.0 Å². The molecule has 1 rings (SSSR count). The Labute approximate surface area is 125 Å². The SMILES string of the molecule is C=C(C)C(=O)OCOc1ccc(Br)c(Br)c1Br. The van der Waals surface area contributed by atoms with Crippen LogP contribution in [0.3, 0.4) is 0 Å². The summed E-state index contributed by atoms with van der Waals surface area (Å²) in [4.78, 5) is 11.1. The average Bonchev–Trinajstić information content (AvgIpc) is 2.28. The van der Waals surface area contributed by atoms with E-state index in [9.17, 15) is 4.79 Å². The molecule has 0 saturated heterocycles. The van der Waals surface area contributed by atoms with E-state index in [4.69, 9.17) is 9.47 Å². The van der Waals surface area contributed by atoms with Gasteiger partial charge >= 0.3 is 5.97 Å². The number of hydrogen-bond acceptors (Lipinski definition) is 3. The lowest BCUT2D eigenvalue weighted by atomic mass is 10.3. The van der Waals surface area contributed by atoms with Crippen LogP contribution in [0, 0.1) is 0 Å². The Balaban J connectivity index is 2.62. The van der Waals surface area contributed by atoms with Crippen LogP contribution < -0.4 is 4.74 Å². The molecule has 0 unspecified atom stereocenters. The summed E-state index contributed by atoms with van der Waals surface area (Å²) in [6.07, 6.45) is 0. The Bertz CT molecular complexity index is 458. The molecule has 0 heterocycles. The average molecular weight is 429 g/mol. The third-order valence-corrected chi connectivity index (χ3v) is 5.09. The fourth-order valence-electron chi connectivity index (χ4n) is 0.889. The van der Waals surface area contributed by atoms with Crippen molar-refractivity contribution in [2.45, 2.75) is 6.92 Å². The van der Waals surface area contributed by atoms with Crippen molar-refractivity contribution in [3.63, 3.8) is 0 Å². The maximum Gasteiger partial charge on any atom is 0.335 e. The quantitative estimate of drug-likeness (QED) is 0.308. The van der Waals surface area contributed by atoms with E-state index in [0.29, 0.717) is 11.3 Å². The number of rotatable bonds is 4. The smallest absolute Gasteiger partial charge is 0.335 e. The molecule has 0 fully saturated rings. The highest BCUT2D eigenvalue weighted by molar-refractivity contribution is 9.14. The normalized spacial score (nSPS) is 9.88. The molecule has 0 bridgehead atoms. The standard InChI is InChI=1S/C11H9Br3O3/c1-6(2)11(15)17-5-16-8-4-3-7(12)9(13)10(8)14/h3-4H,1,5H2,2H3. The molecule has 0 aliphatic rings. The van der Waals surface area contributed by atoms with Gasteiger partial charge in [0, 0.05) is 14.5 Å². The molecule has 0 aromatic heterocycles. The molecule has 0 atom stereocenters. The topological polar surface area (TPSA) is 35.5 Å². The molecule has 6 heteroatoms. The summed E-state index contributed by atoms with van der Waals surface area (Å²) < 4.78 is 12.6. The van der Waals surface area contributed by atoms with Crippen LogP contribution in [0.25, 0.3) is 0 Å². The van der Waals surface area contributed by atoms with E-state index >= 15 is 0 Å². The van der Waals surface area contributed by atoms with Gasteiger partial charge in [0.2, 0.25) is 6.79 Å². The van der Waals surface area contributed by atoms with Crippen LogP contribution >= 0.6 is 47.8 Å². The largest absolute Gasteiger partial charge is 0.456 e. The van der Waals surface area contributed by atoms with Gasteiger partial charge in [-0.1, -0.05) is 6.58 Å².